The molecule has 28 heavy (non-hydrogen) atoms. The van der Waals surface area contributed by atoms with Crippen LogP contribution in [0.1, 0.15) is 57.3 Å². The van der Waals surface area contributed by atoms with Gasteiger partial charge < -0.3 is 26.0 Å². The quantitative estimate of drug-likeness (QED) is 0.572. The van der Waals surface area contributed by atoms with Crippen LogP contribution in [-0.2, 0) is 9.53 Å². The summed E-state index contributed by atoms with van der Waals surface area (Å²) in [4.78, 5) is 37.0. The number of benzene rings is 1. The average molecular weight is 390 g/mol. The molecule has 8 heteroatoms. The van der Waals surface area contributed by atoms with Crippen molar-refractivity contribution in [2.45, 2.75) is 64.6 Å². The predicted octanol–water partition coefficient (Wildman–Crippen LogP) is 2.86. The lowest BCUT2D eigenvalue weighted by molar-refractivity contribution is -0.118. The van der Waals surface area contributed by atoms with Gasteiger partial charge in [0.05, 0.1) is 16.9 Å². The molecule has 2 rings (SSSR count). The summed E-state index contributed by atoms with van der Waals surface area (Å²) in [5.41, 5.74) is 0.898. The lowest BCUT2D eigenvalue weighted by Gasteiger charge is -2.23. The zero-order chi connectivity index (χ0) is 20.9. The number of hydrogen-bond acceptors (Lipinski definition) is 5. The van der Waals surface area contributed by atoms with Gasteiger partial charge in [0.15, 0.2) is 0 Å². The minimum atomic E-state index is -0.757. The number of amides is 3. The molecule has 154 valence electrons. The number of anilines is 2. The van der Waals surface area contributed by atoms with Crippen molar-refractivity contribution in [3.8, 4) is 0 Å². The van der Waals surface area contributed by atoms with E-state index in [1.165, 1.54) is 0 Å². The van der Waals surface area contributed by atoms with Gasteiger partial charge in [-0.05, 0) is 52.2 Å². The van der Waals surface area contributed by atoms with Crippen molar-refractivity contribution in [1.29, 1.82) is 0 Å². The Hall–Kier alpha value is -2.77. The third-order valence-corrected chi connectivity index (χ3v) is 4.14. The number of carbonyl (C=O) groups excluding carboxylic acids is 3. The molecule has 0 aromatic heterocycles. The Labute approximate surface area is 165 Å². The van der Waals surface area contributed by atoms with E-state index in [-0.39, 0.29) is 11.8 Å². The summed E-state index contributed by atoms with van der Waals surface area (Å²) in [6, 6.07) is 4.68. The van der Waals surface area contributed by atoms with E-state index in [1.807, 2.05) is 0 Å². The van der Waals surface area contributed by atoms with Gasteiger partial charge in [0.1, 0.15) is 11.6 Å². The van der Waals surface area contributed by atoms with Crippen LogP contribution in [0.3, 0.4) is 0 Å². The van der Waals surface area contributed by atoms with Crippen molar-refractivity contribution in [3.05, 3.63) is 23.8 Å². The number of alkyl carbamates (subject to hydrolysis) is 1. The zero-order valence-corrected chi connectivity index (χ0v) is 17.1. The number of ether oxygens (including phenoxy) is 1. The van der Waals surface area contributed by atoms with Crippen LogP contribution in [0.4, 0.5) is 16.2 Å². The highest BCUT2D eigenvalue weighted by atomic mass is 16.6. The van der Waals surface area contributed by atoms with Crippen molar-refractivity contribution in [3.63, 3.8) is 0 Å². The standard InChI is InChI=1S/C20H30N4O4/c1-6-14(24-19(27)28-20(2,3)4)18(26)23-15-9-7-8-13(17(25)21-5)16(15)22-12-10-11-12/h7-9,12,14,22H,6,10-11H2,1-5H3,(H,21,25)(H,23,26)(H,24,27)/t14-/m0/s1. The monoisotopic (exact) mass is 390 g/mol. The van der Waals surface area contributed by atoms with Crippen LogP contribution in [0, 0.1) is 0 Å². The van der Waals surface area contributed by atoms with Crippen LogP contribution < -0.4 is 21.3 Å². The van der Waals surface area contributed by atoms with Gasteiger partial charge in [-0.3, -0.25) is 9.59 Å². The van der Waals surface area contributed by atoms with Crippen LogP contribution in [-0.4, -0.2) is 42.6 Å². The topological polar surface area (TPSA) is 109 Å². The van der Waals surface area contributed by atoms with E-state index in [4.69, 9.17) is 4.74 Å². The van der Waals surface area contributed by atoms with Gasteiger partial charge in [0.2, 0.25) is 5.91 Å². The van der Waals surface area contributed by atoms with Crippen LogP contribution in [0.15, 0.2) is 18.2 Å². The molecule has 1 aromatic carbocycles. The second-order valence-corrected chi connectivity index (χ2v) is 7.82. The molecule has 0 aliphatic heterocycles. The Morgan fingerprint density at radius 1 is 1.21 bits per heavy atom. The summed E-state index contributed by atoms with van der Waals surface area (Å²) >= 11 is 0. The molecule has 0 heterocycles. The minimum Gasteiger partial charge on any atom is -0.444 e. The van der Waals surface area contributed by atoms with Crippen LogP contribution in [0.25, 0.3) is 0 Å². The minimum absolute atomic E-state index is 0.238. The molecule has 0 bridgehead atoms. The maximum Gasteiger partial charge on any atom is 0.408 e. The fourth-order valence-electron chi connectivity index (χ4n) is 2.59. The van der Waals surface area contributed by atoms with E-state index in [1.54, 1.807) is 52.9 Å². The van der Waals surface area contributed by atoms with E-state index < -0.39 is 17.7 Å². The van der Waals surface area contributed by atoms with Gasteiger partial charge in [-0.15, -0.1) is 0 Å². The van der Waals surface area contributed by atoms with Gasteiger partial charge in [0.25, 0.3) is 5.91 Å². The highest BCUT2D eigenvalue weighted by Crippen LogP contribution is 2.32. The molecule has 0 radical (unpaired) electrons. The molecule has 1 aliphatic carbocycles. The molecular formula is C20H30N4O4. The third kappa shape index (κ3) is 6.14. The van der Waals surface area contributed by atoms with E-state index in [2.05, 4.69) is 21.3 Å². The molecule has 1 aliphatic rings. The second kappa shape index (κ2) is 8.95. The molecule has 1 saturated carbocycles. The Morgan fingerprint density at radius 3 is 2.43 bits per heavy atom. The highest BCUT2D eigenvalue weighted by Gasteiger charge is 2.27. The highest BCUT2D eigenvalue weighted by molar-refractivity contribution is 6.06. The molecule has 1 fully saturated rings. The summed E-state index contributed by atoms with van der Waals surface area (Å²) in [5.74, 6) is -0.612. The van der Waals surface area contributed by atoms with Crippen molar-refractivity contribution >= 4 is 29.3 Å². The smallest absolute Gasteiger partial charge is 0.408 e. The molecule has 1 aromatic rings. The number of rotatable bonds is 7. The zero-order valence-electron chi connectivity index (χ0n) is 17.1. The largest absolute Gasteiger partial charge is 0.444 e. The second-order valence-electron chi connectivity index (χ2n) is 7.82. The summed E-state index contributed by atoms with van der Waals surface area (Å²) in [6.07, 6.45) is 1.79. The van der Waals surface area contributed by atoms with Gasteiger partial charge in [0, 0.05) is 13.1 Å². The first kappa shape index (κ1) is 21.5. The molecule has 0 unspecified atom stereocenters. The Morgan fingerprint density at radius 2 is 1.89 bits per heavy atom. The number of carbonyl (C=O) groups is 3. The molecule has 1 atom stereocenters. The molecule has 8 nitrogen and oxygen atoms in total. The van der Waals surface area contributed by atoms with E-state index in [9.17, 15) is 14.4 Å². The Kier molecular flexibility index (Phi) is 6.88. The van der Waals surface area contributed by atoms with Gasteiger partial charge >= 0.3 is 6.09 Å². The fourth-order valence-corrected chi connectivity index (χ4v) is 2.59. The normalized spacial score (nSPS) is 14.6. The van der Waals surface area contributed by atoms with E-state index in [0.29, 0.717) is 29.4 Å². The first-order chi connectivity index (χ1) is 13.1. The summed E-state index contributed by atoms with van der Waals surface area (Å²) < 4.78 is 5.22. The molecular weight excluding hydrogens is 360 g/mol. The first-order valence-corrected chi connectivity index (χ1v) is 9.56. The predicted molar refractivity (Wildman–Crippen MR) is 109 cm³/mol. The lowest BCUT2D eigenvalue weighted by atomic mass is 10.1. The molecule has 0 spiro atoms. The molecule has 0 saturated heterocycles. The maximum absolute atomic E-state index is 12.7. The molecule has 4 N–H and O–H groups in total. The van der Waals surface area contributed by atoms with Crippen LogP contribution in [0.2, 0.25) is 0 Å². The summed E-state index contributed by atoms with van der Waals surface area (Å²) in [6.45, 7) is 7.07. The van der Waals surface area contributed by atoms with Gasteiger partial charge in [-0.1, -0.05) is 13.0 Å². The Bertz CT molecular complexity index is 738. The van der Waals surface area contributed by atoms with Crippen molar-refractivity contribution in [2.75, 3.05) is 17.7 Å². The Balaban J connectivity index is 2.16. The van der Waals surface area contributed by atoms with E-state index >= 15 is 0 Å². The van der Waals surface area contributed by atoms with Crippen LogP contribution in [0.5, 0.6) is 0 Å². The average Bonchev–Trinajstić information content (AvgIpc) is 3.42. The van der Waals surface area contributed by atoms with Crippen molar-refractivity contribution in [2.24, 2.45) is 0 Å². The number of para-hydroxylation sites is 1. The number of nitrogens with one attached hydrogen (secondary N) is 4. The van der Waals surface area contributed by atoms with Crippen molar-refractivity contribution < 1.29 is 19.1 Å². The van der Waals surface area contributed by atoms with E-state index in [0.717, 1.165) is 12.8 Å². The summed E-state index contributed by atoms with van der Waals surface area (Å²) in [5, 5.41) is 11.3. The third-order valence-electron chi connectivity index (χ3n) is 4.14. The first-order valence-electron chi connectivity index (χ1n) is 9.56. The van der Waals surface area contributed by atoms with Gasteiger partial charge in [-0.2, -0.15) is 0 Å². The SMILES string of the molecule is CC[C@H](NC(=O)OC(C)(C)C)C(=O)Nc1cccc(C(=O)NC)c1NC1CC1. The maximum atomic E-state index is 12.7. The van der Waals surface area contributed by atoms with Gasteiger partial charge in [-0.25, -0.2) is 4.79 Å². The van der Waals surface area contributed by atoms with Crippen LogP contribution >= 0.6 is 0 Å². The number of hydrogen-bond donors (Lipinski definition) is 4. The molecule has 3 amide bonds. The summed E-state index contributed by atoms with van der Waals surface area (Å²) in [7, 11) is 1.56. The fraction of sp³-hybridized carbons (Fsp3) is 0.550. The van der Waals surface area contributed by atoms with Crippen molar-refractivity contribution in [1.82, 2.24) is 10.6 Å². The lowest BCUT2D eigenvalue weighted by Crippen LogP contribution is -2.45.